The smallest absolute Gasteiger partial charge is 0.345 e. The highest BCUT2D eigenvalue weighted by Crippen LogP contribution is 2.34. The molecule has 0 saturated heterocycles. The van der Waals surface area contributed by atoms with Crippen LogP contribution in [0.25, 0.3) is 18.2 Å². The third-order valence-corrected chi connectivity index (χ3v) is 11.5. The first-order valence-corrected chi connectivity index (χ1v) is 24.9. The Hall–Kier alpha value is -7.42. The van der Waals surface area contributed by atoms with Gasteiger partial charge in [-0.1, -0.05) is 26.0 Å². The molecule has 0 aliphatic carbocycles. The number of ether oxygens (including phenoxy) is 9. The molecule has 0 saturated carbocycles. The number of benzene rings is 3. The Kier molecular flexibility index (Phi) is 26.1. The van der Waals surface area contributed by atoms with Crippen molar-refractivity contribution in [2.24, 2.45) is 5.92 Å². The molecule has 0 amide bonds. The van der Waals surface area contributed by atoms with Crippen molar-refractivity contribution in [3.63, 3.8) is 0 Å². The summed E-state index contributed by atoms with van der Waals surface area (Å²) in [6.45, 7) is 37.9. The number of methoxy groups -OCH3 is 6. The van der Waals surface area contributed by atoms with Gasteiger partial charge in [0, 0.05) is 0 Å². The molecule has 15 heteroatoms. The fourth-order valence-electron chi connectivity index (χ4n) is 8.08. The monoisotopic (exact) mass is 1070 g/mol. The normalized spacial score (nSPS) is 10.8. The van der Waals surface area contributed by atoms with Gasteiger partial charge in [0.25, 0.3) is 0 Å². The van der Waals surface area contributed by atoms with Crippen LogP contribution in [0.4, 0.5) is 0 Å². The van der Waals surface area contributed by atoms with Gasteiger partial charge in [0.05, 0.1) is 42.7 Å². The number of hydrogen-bond donors (Lipinski definition) is 0. The quantitative estimate of drug-likeness (QED) is 0.0275. The predicted molar refractivity (Wildman–Crippen MR) is 302 cm³/mol. The molecule has 0 aromatic heterocycles. The van der Waals surface area contributed by atoms with E-state index in [0.717, 1.165) is 62.6 Å². The lowest BCUT2D eigenvalue weighted by atomic mass is 9.95. The van der Waals surface area contributed by atoms with Crippen molar-refractivity contribution in [2.45, 2.75) is 141 Å². The Labute approximate surface area is 457 Å². The van der Waals surface area contributed by atoms with E-state index in [2.05, 4.69) is 68.8 Å². The second kappa shape index (κ2) is 29.8. The van der Waals surface area contributed by atoms with E-state index in [1.807, 2.05) is 126 Å². The molecular formula is C62H84O15. The van der Waals surface area contributed by atoms with Gasteiger partial charge in [-0.25, -0.2) is 28.8 Å². The lowest BCUT2D eigenvalue weighted by Gasteiger charge is -2.30. The molecular weight excluding hydrogens is 985 g/mol. The van der Waals surface area contributed by atoms with Crippen molar-refractivity contribution in [1.29, 1.82) is 0 Å². The molecule has 0 bridgehead atoms. The number of hydrogen-bond acceptors (Lipinski definition) is 15. The van der Waals surface area contributed by atoms with E-state index in [9.17, 15) is 28.8 Å². The molecule has 0 fully saturated rings. The summed E-state index contributed by atoms with van der Waals surface area (Å²) in [6, 6.07) is 11.1. The fraction of sp³-hybridized carbons (Fsp3) is 0.452. The van der Waals surface area contributed by atoms with Crippen LogP contribution in [0.1, 0.15) is 133 Å². The van der Waals surface area contributed by atoms with Crippen molar-refractivity contribution >= 4 is 54.0 Å². The molecule has 0 atom stereocenters. The molecule has 15 nitrogen and oxygen atoms in total. The average Bonchev–Trinajstić information content (AvgIpc) is 3.33. The van der Waals surface area contributed by atoms with Gasteiger partial charge < -0.3 is 42.6 Å². The minimum Gasteiger partial charge on any atom is -0.487 e. The highest BCUT2D eigenvalue weighted by atomic mass is 16.6. The molecule has 422 valence electrons. The number of carbonyl (C=O) groups is 6. The molecule has 0 spiro atoms. The van der Waals surface area contributed by atoms with Crippen molar-refractivity contribution in [3.8, 4) is 17.2 Å². The summed E-state index contributed by atoms with van der Waals surface area (Å²) < 4.78 is 46.5. The van der Waals surface area contributed by atoms with Crippen LogP contribution < -0.4 is 14.2 Å². The minimum absolute atomic E-state index is 0.150. The standard InChI is InChI=1S/C21H30O5.C21H28O5.C20H26O5/c2*1-13(2)12-21(5,6)26-18-14(3)9-16(10-15(18)4)11-17(19(22)24-7)20(23)25-8;1-12(2)20(5,6)25-17-13(3)9-15(10-14(17)4)11-16(18(21)23-7)19(22)24-8/h9-11,13H,12H2,1-8H3;9-12H,1-8H3;9-11H,1H2,2-8H3. The van der Waals surface area contributed by atoms with E-state index >= 15 is 0 Å². The van der Waals surface area contributed by atoms with E-state index < -0.39 is 47.0 Å². The Bertz CT molecular complexity index is 2650. The average molecular weight is 1070 g/mol. The maximum Gasteiger partial charge on any atom is 0.345 e. The third-order valence-electron chi connectivity index (χ3n) is 11.5. The molecule has 0 radical (unpaired) electrons. The number of aryl methyl sites for hydroxylation is 6. The number of allylic oxidation sites excluding steroid dienone is 1. The highest BCUT2D eigenvalue weighted by molar-refractivity contribution is 6.19. The van der Waals surface area contributed by atoms with E-state index in [-0.39, 0.29) is 22.3 Å². The summed E-state index contributed by atoms with van der Waals surface area (Å²) >= 11 is 0. The lowest BCUT2D eigenvalue weighted by Crippen LogP contribution is -2.30. The summed E-state index contributed by atoms with van der Waals surface area (Å²) in [6.07, 6.45) is 7.38. The summed E-state index contributed by atoms with van der Waals surface area (Å²) in [5.41, 5.74) is 7.89. The Morgan fingerprint density at radius 2 is 0.701 bits per heavy atom. The number of carbonyl (C=O) groups excluding carboxylic acids is 6. The zero-order chi connectivity index (χ0) is 59.5. The second-order valence-electron chi connectivity index (χ2n) is 20.9. The summed E-state index contributed by atoms with van der Waals surface area (Å²) in [7, 11) is 7.32. The van der Waals surface area contributed by atoms with Crippen molar-refractivity contribution < 1.29 is 71.4 Å². The fourth-order valence-corrected chi connectivity index (χ4v) is 8.08. The molecule has 0 aliphatic rings. The number of rotatable bonds is 19. The van der Waals surface area contributed by atoms with Gasteiger partial charge in [0.1, 0.15) is 50.8 Å². The minimum atomic E-state index is -0.745. The van der Waals surface area contributed by atoms with Gasteiger partial charge in [0.2, 0.25) is 0 Å². The molecule has 0 aliphatic heterocycles. The predicted octanol–water partition coefficient (Wildman–Crippen LogP) is 12.2. The zero-order valence-electron chi connectivity index (χ0n) is 49.9. The molecule has 0 unspecified atom stereocenters. The van der Waals surface area contributed by atoms with Crippen molar-refractivity contribution in [1.82, 2.24) is 0 Å². The van der Waals surface area contributed by atoms with Crippen molar-refractivity contribution in [3.05, 3.63) is 127 Å². The van der Waals surface area contributed by atoms with Gasteiger partial charge in [-0.05, 0) is 233 Å². The van der Waals surface area contributed by atoms with Gasteiger partial charge in [-0.3, -0.25) is 0 Å². The molecule has 3 aromatic rings. The van der Waals surface area contributed by atoms with Crippen LogP contribution in [-0.2, 0) is 57.2 Å². The second-order valence-corrected chi connectivity index (χ2v) is 20.9. The van der Waals surface area contributed by atoms with Crippen LogP contribution in [0, 0.1) is 47.5 Å². The molecule has 3 aromatic carbocycles. The van der Waals surface area contributed by atoms with Crippen LogP contribution in [0.5, 0.6) is 17.2 Å². The van der Waals surface area contributed by atoms with Crippen LogP contribution in [-0.4, -0.2) is 95.3 Å². The molecule has 77 heavy (non-hydrogen) atoms. The van der Waals surface area contributed by atoms with E-state index in [0.29, 0.717) is 22.6 Å². The van der Waals surface area contributed by atoms with Crippen LogP contribution >= 0.6 is 0 Å². The maximum atomic E-state index is 11.8. The molecule has 0 N–H and O–H groups in total. The van der Waals surface area contributed by atoms with Gasteiger partial charge >= 0.3 is 35.8 Å². The number of esters is 6. The first-order valence-electron chi connectivity index (χ1n) is 24.9. The largest absolute Gasteiger partial charge is 0.487 e. The molecule has 3 rings (SSSR count). The lowest BCUT2D eigenvalue weighted by molar-refractivity contribution is -0.145. The SMILES string of the molecule is C=C(C)C(C)(C)Oc1c(C)cc(C=C(C(=O)OC)C(=O)OC)cc1C.COC(=O)C(=Cc1cc(C)c(OC(C)(C)C=C(C)C)c(C)c1)C(=O)OC.COC(=O)C(=Cc1cc(C)c(OC(C)(C)CC(C)C)c(C)c1)C(=O)OC. The summed E-state index contributed by atoms with van der Waals surface area (Å²) in [4.78, 5) is 70.9. The summed E-state index contributed by atoms with van der Waals surface area (Å²) in [5.74, 6) is -1.55. The van der Waals surface area contributed by atoms with E-state index in [4.69, 9.17) is 14.2 Å². The third kappa shape index (κ3) is 21.3. The topological polar surface area (TPSA) is 185 Å². The van der Waals surface area contributed by atoms with E-state index in [1.54, 1.807) is 0 Å². The molecule has 0 heterocycles. The van der Waals surface area contributed by atoms with Crippen molar-refractivity contribution in [2.75, 3.05) is 42.7 Å². The van der Waals surface area contributed by atoms with Crippen LogP contribution in [0.15, 0.2) is 76.9 Å². The Balaban J connectivity index is 0.000000578. The Morgan fingerprint density at radius 3 is 0.922 bits per heavy atom. The highest BCUT2D eigenvalue weighted by Gasteiger charge is 2.27. The summed E-state index contributed by atoms with van der Waals surface area (Å²) in [5, 5.41) is 0. The van der Waals surface area contributed by atoms with E-state index in [1.165, 1.54) is 66.5 Å². The van der Waals surface area contributed by atoms with Crippen LogP contribution in [0.3, 0.4) is 0 Å². The van der Waals surface area contributed by atoms with Gasteiger partial charge in [-0.2, -0.15) is 0 Å². The first-order chi connectivity index (χ1) is 35.5. The van der Waals surface area contributed by atoms with Gasteiger partial charge in [-0.15, -0.1) is 0 Å². The first kappa shape index (κ1) is 67.6. The Morgan fingerprint density at radius 1 is 0.455 bits per heavy atom. The van der Waals surface area contributed by atoms with Crippen LogP contribution in [0.2, 0.25) is 0 Å². The zero-order valence-corrected chi connectivity index (χ0v) is 49.9. The maximum absolute atomic E-state index is 11.8. The van der Waals surface area contributed by atoms with Gasteiger partial charge in [0.15, 0.2) is 0 Å².